The molecule has 3 rings (SSSR count). The molecule has 0 spiro atoms. The second-order valence-corrected chi connectivity index (χ2v) is 6.41. The molecule has 6 heteroatoms. The Balaban J connectivity index is 1.98. The van der Waals surface area contributed by atoms with E-state index in [4.69, 9.17) is 0 Å². The van der Waals surface area contributed by atoms with Gasteiger partial charge in [0, 0.05) is 22.6 Å². The summed E-state index contributed by atoms with van der Waals surface area (Å²) < 4.78 is 13.7. The lowest BCUT2D eigenvalue weighted by molar-refractivity contribution is -0.135. The van der Waals surface area contributed by atoms with Gasteiger partial charge in [0.1, 0.15) is 5.82 Å². The number of rotatable bonds is 3. The molecule has 118 valence electrons. The van der Waals surface area contributed by atoms with Crippen molar-refractivity contribution in [2.75, 3.05) is 11.9 Å². The number of fused-ring (bicyclic) bond motifs is 1. The number of ketones is 1. The number of benzene rings is 2. The monoisotopic (exact) mass is 377 g/mol. The molecular weight excluding hydrogens is 365 g/mol. The minimum atomic E-state index is -1.92. The largest absolute Gasteiger partial charge is 0.375 e. The van der Waals surface area contributed by atoms with Crippen molar-refractivity contribution in [3.63, 3.8) is 0 Å². The Hall–Kier alpha value is -2.05. The quantitative estimate of drug-likeness (QED) is 0.836. The molecule has 0 aliphatic carbocycles. The topological polar surface area (TPSA) is 57.6 Å². The number of hydrogen-bond acceptors (Lipinski definition) is 3. The van der Waals surface area contributed by atoms with Gasteiger partial charge in [0.25, 0.3) is 5.91 Å². The predicted octanol–water partition coefficient (Wildman–Crippen LogP) is 3.03. The van der Waals surface area contributed by atoms with Crippen LogP contribution in [0.25, 0.3) is 0 Å². The molecule has 0 bridgehead atoms. The minimum absolute atomic E-state index is 0.249. The highest BCUT2D eigenvalue weighted by molar-refractivity contribution is 9.10. The zero-order valence-corrected chi connectivity index (χ0v) is 13.8. The molecule has 0 saturated heterocycles. The molecule has 0 fully saturated rings. The molecule has 1 N–H and O–H groups in total. The van der Waals surface area contributed by atoms with E-state index < -0.39 is 29.5 Å². The van der Waals surface area contributed by atoms with Crippen LogP contribution < -0.4 is 4.90 Å². The van der Waals surface area contributed by atoms with Gasteiger partial charge in [0.05, 0.1) is 12.1 Å². The van der Waals surface area contributed by atoms with E-state index in [1.165, 1.54) is 29.2 Å². The molecule has 0 aromatic heterocycles. The van der Waals surface area contributed by atoms with E-state index in [0.29, 0.717) is 15.7 Å². The Morgan fingerprint density at radius 2 is 1.91 bits per heavy atom. The predicted molar refractivity (Wildman–Crippen MR) is 86.8 cm³/mol. The summed E-state index contributed by atoms with van der Waals surface area (Å²) >= 11 is 3.31. The number of nitrogens with zero attached hydrogens (tertiary/aromatic N) is 1. The molecule has 23 heavy (non-hydrogen) atoms. The molecule has 4 nitrogen and oxygen atoms in total. The van der Waals surface area contributed by atoms with Crippen molar-refractivity contribution in [1.82, 2.24) is 0 Å². The highest BCUT2D eigenvalue weighted by atomic mass is 79.9. The third-order valence-corrected chi connectivity index (χ3v) is 4.50. The number of likely N-dealkylation sites (N-methyl/N-ethyl adjacent to an activating group) is 1. The van der Waals surface area contributed by atoms with E-state index in [1.54, 1.807) is 25.2 Å². The van der Waals surface area contributed by atoms with E-state index in [-0.39, 0.29) is 5.56 Å². The summed E-state index contributed by atoms with van der Waals surface area (Å²) in [5, 5.41) is 10.9. The smallest absolute Gasteiger partial charge is 0.263 e. The maximum atomic E-state index is 13.0. The van der Waals surface area contributed by atoms with Crippen molar-refractivity contribution in [3.05, 3.63) is 63.9 Å². The maximum Gasteiger partial charge on any atom is 0.263 e. The van der Waals surface area contributed by atoms with Crippen molar-refractivity contribution < 1.29 is 19.1 Å². The van der Waals surface area contributed by atoms with Crippen LogP contribution in [0.1, 0.15) is 22.3 Å². The fourth-order valence-corrected chi connectivity index (χ4v) is 3.14. The normalized spacial score (nSPS) is 19.8. The van der Waals surface area contributed by atoms with Gasteiger partial charge in [0.15, 0.2) is 11.4 Å². The first-order chi connectivity index (χ1) is 10.8. The van der Waals surface area contributed by atoms with Crippen molar-refractivity contribution in [2.24, 2.45) is 0 Å². The number of amides is 1. The summed E-state index contributed by atoms with van der Waals surface area (Å²) in [6, 6.07) is 10.1. The third-order valence-electron chi connectivity index (χ3n) is 4.01. The van der Waals surface area contributed by atoms with Gasteiger partial charge in [-0.25, -0.2) is 4.39 Å². The summed E-state index contributed by atoms with van der Waals surface area (Å²) in [7, 11) is 1.55. The number of hydrogen-bond donors (Lipinski definition) is 1. The fourth-order valence-electron chi connectivity index (χ4n) is 2.78. The average molecular weight is 378 g/mol. The van der Waals surface area contributed by atoms with Crippen molar-refractivity contribution in [2.45, 2.75) is 12.0 Å². The highest BCUT2D eigenvalue weighted by Gasteiger charge is 2.49. The standard InChI is InChI=1S/C17H13BrFNO3/c1-20-14-7-4-11(18)8-13(14)17(23,16(20)22)9-15(21)10-2-5-12(19)6-3-10/h2-8,23H,9H2,1H3/t17-/m0/s1. The van der Waals surface area contributed by atoms with Crippen LogP contribution in [-0.4, -0.2) is 23.8 Å². The summed E-state index contributed by atoms with van der Waals surface area (Å²) in [4.78, 5) is 26.2. The Labute approximate surface area is 140 Å². The molecule has 0 saturated carbocycles. The van der Waals surface area contributed by atoms with Crippen LogP contribution >= 0.6 is 15.9 Å². The number of anilines is 1. The van der Waals surface area contributed by atoms with Gasteiger partial charge >= 0.3 is 0 Å². The van der Waals surface area contributed by atoms with Gasteiger partial charge in [-0.05, 0) is 42.5 Å². The molecule has 2 aromatic rings. The lowest BCUT2D eigenvalue weighted by Gasteiger charge is -2.21. The minimum Gasteiger partial charge on any atom is -0.375 e. The first kappa shape index (κ1) is 15.8. The lowest BCUT2D eigenvalue weighted by Crippen LogP contribution is -2.40. The molecule has 1 amide bonds. The van der Waals surface area contributed by atoms with Gasteiger partial charge in [0.2, 0.25) is 0 Å². The van der Waals surface area contributed by atoms with Gasteiger partial charge in [-0.3, -0.25) is 9.59 Å². The Bertz CT molecular complexity index is 806. The Morgan fingerprint density at radius 3 is 2.57 bits per heavy atom. The SMILES string of the molecule is CN1C(=O)[C@](O)(CC(=O)c2ccc(F)cc2)c2cc(Br)ccc21. The Kier molecular flexibility index (Phi) is 3.82. The lowest BCUT2D eigenvalue weighted by atomic mass is 9.88. The van der Waals surface area contributed by atoms with E-state index in [2.05, 4.69) is 15.9 Å². The molecule has 0 unspecified atom stereocenters. The first-order valence-electron chi connectivity index (χ1n) is 6.92. The summed E-state index contributed by atoms with van der Waals surface area (Å²) in [6.07, 6.45) is -0.398. The molecule has 1 atom stereocenters. The second kappa shape index (κ2) is 5.54. The van der Waals surface area contributed by atoms with Crippen molar-refractivity contribution in [1.29, 1.82) is 0 Å². The van der Waals surface area contributed by atoms with Crippen LogP contribution in [0.3, 0.4) is 0 Å². The van der Waals surface area contributed by atoms with Crippen LogP contribution in [-0.2, 0) is 10.4 Å². The van der Waals surface area contributed by atoms with E-state index in [0.717, 1.165) is 0 Å². The van der Waals surface area contributed by atoms with Crippen molar-refractivity contribution >= 4 is 33.3 Å². The summed E-state index contributed by atoms with van der Waals surface area (Å²) in [5.74, 6) is -1.44. The van der Waals surface area contributed by atoms with Gasteiger partial charge in [-0.2, -0.15) is 0 Å². The van der Waals surface area contributed by atoms with E-state index in [1.807, 2.05) is 0 Å². The summed E-state index contributed by atoms with van der Waals surface area (Å²) in [6.45, 7) is 0. The van der Waals surface area contributed by atoms with Crippen molar-refractivity contribution in [3.8, 4) is 0 Å². The van der Waals surface area contributed by atoms with Gasteiger partial charge < -0.3 is 10.0 Å². The van der Waals surface area contributed by atoms with Crippen LogP contribution in [0.4, 0.5) is 10.1 Å². The number of carbonyl (C=O) groups excluding carboxylic acids is 2. The van der Waals surface area contributed by atoms with Crippen LogP contribution in [0.2, 0.25) is 0 Å². The number of carbonyl (C=O) groups is 2. The van der Waals surface area contributed by atoms with Crippen LogP contribution in [0.5, 0.6) is 0 Å². The first-order valence-corrected chi connectivity index (χ1v) is 7.71. The van der Waals surface area contributed by atoms with E-state index >= 15 is 0 Å². The summed E-state index contributed by atoms with van der Waals surface area (Å²) in [5.41, 5.74) is -0.722. The number of Topliss-reactive ketones (excluding diaryl/α,β-unsaturated/α-hetero) is 1. The molecule has 0 radical (unpaired) electrons. The molecule has 2 aromatic carbocycles. The third kappa shape index (κ3) is 2.58. The molecular formula is C17H13BrFNO3. The fraction of sp³-hybridized carbons (Fsp3) is 0.176. The maximum absolute atomic E-state index is 13.0. The van der Waals surface area contributed by atoms with Crippen LogP contribution in [0.15, 0.2) is 46.9 Å². The van der Waals surface area contributed by atoms with E-state index in [9.17, 15) is 19.1 Å². The van der Waals surface area contributed by atoms with Crippen LogP contribution in [0, 0.1) is 5.82 Å². The van der Waals surface area contributed by atoms with Gasteiger partial charge in [-0.1, -0.05) is 15.9 Å². The molecule has 1 aliphatic heterocycles. The zero-order valence-electron chi connectivity index (χ0n) is 12.2. The number of aliphatic hydroxyl groups is 1. The number of halogens is 2. The zero-order chi connectivity index (χ0) is 16.8. The highest BCUT2D eigenvalue weighted by Crippen LogP contribution is 2.43. The molecule has 1 aliphatic rings. The second-order valence-electron chi connectivity index (χ2n) is 5.49. The Morgan fingerprint density at radius 1 is 1.26 bits per heavy atom. The van der Waals surface area contributed by atoms with Gasteiger partial charge in [-0.15, -0.1) is 0 Å². The molecule has 1 heterocycles. The average Bonchev–Trinajstić information content (AvgIpc) is 2.70.